The molecule has 0 aliphatic heterocycles. The molecule has 0 fully saturated rings. The first-order valence-electron chi connectivity index (χ1n) is 23.3. The Morgan fingerprint density at radius 2 is 0.983 bits per heavy atom. The fraction of sp³-hybridized carbons (Fsp3) is 0.588. The number of aromatic hydroxyl groups is 3. The molecule has 9 nitrogen and oxygen atoms in total. The predicted molar refractivity (Wildman–Crippen MR) is 243 cm³/mol. The first kappa shape index (κ1) is 49.8. The first-order chi connectivity index (χ1) is 29.2. The van der Waals surface area contributed by atoms with Gasteiger partial charge < -0.3 is 29.2 Å². The number of esters is 2. The predicted octanol–water partition coefficient (Wildman–Crippen LogP) is 14.5. The van der Waals surface area contributed by atoms with Crippen LogP contribution in [0.2, 0.25) is 0 Å². The number of phenols is 2. The van der Waals surface area contributed by atoms with Crippen molar-refractivity contribution in [3.8, 4) is 40.1 Å². The van der Waals surface area contributed by atoms with Gasteiger partial charge in [-0.05, 0) is 82.4 Å². The molecule has 0 bridgehead atoms. The zero-order valence-corrected chi connectivity index (χ0v) is 36.8. The van der Waals surface area contributed by atoms with Crippen LogP contribution in [0, 0.1) is 0 Å². The van der Waals surface area contributed by atoms with Crippen molar-refractivity contribution in [1.29, 1.82) is 0 Å². The Labute approximate surface area is 359 Å². The van der Waals surface area contributed by atoms with Crippen molar-refractivity contribution in [2.75, 3.05) is 0 Å². The van der Waals surface area contributed by atoms with Crippen LogP contribution in [-0.2, 0) is 9.59 Å². The van der Waals surface area contributed by atoms with Gasteiger partial charge in [0.1, 0.15) is 22.5 Å². The van der Waals surface area contributed by atoms with E-state index in [0.717, 1.165) is 89.2 Å². The molecule has 0 aliphatic rings. The summed E-state index contributed by atoms with van der Waals surface area (Å²) in [6.07, 6.45) is 39.4. The van der Waals surface area contributed by atoms with E-state index in [9.17, 15) is 29.7 Å². The molecule has 332 valence electrons. The van der Waals surface area contributed by atoms with E-state index in [1.807, 2.05) is 0 Å². The standard InChI is InChI=1S/C51H74O9/c1-3-5-7-9-11-13-15-17-19-21-23-25-27-29-31-33-46(54)58-43-36-35-40(51-50(57)49(56)48-42(53)38-41(52)39-45(48)60-51)37-44(43)59-47(55)34-32-30-28-26-24-22-20-18-16-14-12-10-8-6-4-2/h17-20,35-39,52-53,57H,3-16,21-34H2,1-2H3/b19-17-,20-18-. The van der Waals surface area contributed by atoms with Crippen molar-refractivity contribution < 1.29 is 38.8 Å². The lowest BCUT2D eigenvalue weighted by molar-refractivity contribution is -0.137. The summed E-state index contributed by atoms with van der Waals surface area (Å²) in [6.45, 7) is 4.48. The molecule has 0 radical (unpaired) electrons. The molecule has 1 aromatic heterocycles. The van der Waals surface area contributed by atoms with Crippen LogP contribution >= 0.6 is 0 Å². The summed E-state index contributed by atoms with van der Waals surface area (Å²) in [4.78, 5) is 39.0. The van der Waals surface area contributed by atoms with Gasteiger partial charge >= 0.3 is 11.9 Å². The molecular weight excluding hydrogens is 757 g/mol. The van der Waals surface area contributed by atoms with Crippen molar-refractivity contribution in [2.45, 2.75) is 194 Å². The van der Waals surface area contributed by atoms with Crippen LogP contribution in [0.5, 0.6) is 28.7 Å². The van der Waals surface area contributed by atoms with Crippen molar-refractivity contribution in [3.05, 3.63) is 64.9 Å². The molecule has 3 rings (SSSR count). The summed E-state index contributed by atoms with van der Waals surface area (Å²) in [7, 11) is 0. The third kappa shape index (κ3) is 19.7. The van der Waals surface area contributed by atoms with Gasteiger partial charge in [-0.15, -0.1) is 0 Å². The lowest BCUT2D eigenvalue weighted by Crippen LogP contribution is -2.12. The summed E-state index contributed by atoms with van der Waals surface area (Å²) in [5.74, 6) is -2.89. The highest BCUT2D eigenvalue weighted by atomic mass is 16.6. The van der Waals surface area contributed by atoms with Crippen molar-refractivity contribution >= 4 is 22.9 Å². The average Bonchev–Trinajstić information content (AvgIpc) is 3.22. The topological polar surface area (TPSA) is 144 Å². The second kappa shape index (κ2) is 30.5. The fourth-order valence-electron chi connectivity index (χ4n) is 7.31. The molecule has 3 aromatic rings. The van der Waals surface area contributed by atoms with Gasteiger partial charge in [-0.3, -0.25) is 14.4 Å². The van der Waals surface area contributed by atoms with E-state index in [4.69, 9.17) is 13.9 Å². The Bertz CT molecular complexity index is 1800. The van der Waals surface area contributed by atoms with E-state index in [0.29, 0.717) is 12.8 Å². The van der Waals surface area contributed by atoms with Crippen LogP contribution in [-0.4, -0.2) is 27.3 Å². The molecular formula is C51H74O9. The highest BCUT2D eigenvalue weighted by Gasteiger charge is 2.22. The van der Waals surface area contributed by atoms with Crippen LogP contribution in [0.4, 0.5) is 0 Å². The molecule has 0 atom stereocenters. The number of fused-ring (bicyclic) bond motifs is 1. The molecule has 60 heavy (non-hydrogen) atoms. The summed E-state index contributed by atoms with van der Waals surface area (Å²) in [6, 6.07) is 6.40. The number of unbranched alkanes of at least 4 members (excludes halogenated alkanes) is 22. The number of carbonyl (C=O) groups excluding carboxylic acids is 2. The van der Waals surface area contributed by atoms with E-state index in [2.05, 4.69) is 38.2 Å². The lowest BCUT2D eigenvalue weighted by atomic mass is 10.1. The van der Waals surface area contributed by atoms with Crippen molar-refractivity contribution in [3.63, 3.8) is 0 Å². The van der Waals surface area contributed by atoms with Gasteiger partial charge in [-0.2, -0.15) is 0 Å². The fourth-order valence-corrected chi connectivity index (χ4v) is 7.31. The summed E-state index contributed by atoms with van der Waals surface area (Å²) >= 11 is 0. The molecule has 3 N–H and O–H groups in total. The Morgan fingerprint density at radius 3 is 1.47 bits per heavy atom. The van der Waals surface area contributed by atoms with Gasteiger partial charge in [0, 0.05) is 30.5 Å². The Kier molecular flexibility index (Phi) is 25.3. The molecule has 0 saturated heterocycles. The Balaban J connectivity index is 1.50. The van der Waals surface area contributed by atoms with Crippen LogP contribution in [0.15, 0.2) is 63.8 Å². The van der Waals surface area contributed by atoms with Gasteiger partial charge in [0.05, 0.1) is 0 Å². The zero-order chi connectivity index (χ0) is 43.2. The van der Waals surface area contributed by atoms with Crippen LogP contribution in [0.1, 0.15) is 194 Å². The quantitative estimate of drug-likeness (QED) is 0.0236. The van der Waals surface area contributed by atoms with Gasteiger partial charge in [-0.1, -0.05) is 141 Å². The molecule has 9 heteroatoms. The van der Waals surface area contributed by atoms with E-state index in [1.165, 1.54) is 95.2 Å². The number of benzene rings is 2. The maximum Gasteiger partial charge on any atom is 0.311 e. The van der Waals surface area contributed by atoms with E-state index < -0.39 is 28.9 Å². The molecule has 0 saturated carbocycles. The van der Waals surface area contributed by atoms with E-state index >= 15 is 0 Å². The van der Waals surface area contributed by atoms with Gasteiger partial charge in [-0.25, -0.2) is 0 Å². The van der Waals surface area contributed by atoms with Crippen LogP contribution < -0.4 is 14.9 Å². The minimum Gasteiger partial charge on any atom is -0.508 e. The van der Waals surface area contributed by atoms with Gasteiger partial charge in [0.25, 0.3) is 0 Å². The molecule has 1 heterocycles. The highest BCUT2D eigenvalue weighted by Crippen LogP contribution is 2.39. The Hall–Kier alpha value is -4.53. The smallest absolute Gasteiger partial charge is 0.311 e. The third-order valence-electron chi connectivity index (χ3n) is 10.9. The van der Waals surface area contributed by atoms with E-state index in [1.54, 1.807) is 0 Å². The second-order valence-electron chi connectivity index (χ2n) is 16.2. The number of allylic oxidation sites excluding steroid dienone is 4. The Morgan fingerprint density at radius 1 is 0.550 bits per heavy atom. The number of ether oxygens (including phenoxy) is 2. The minimum absolute atomic E-state index is 0.0345. The normalized spacial score (nSPS) is 11.6. The molecule has 0 unspecified atom stereocenters. The first-order valence-corrected chi connectivity index (χ1v) is 23.3. The van der Waals surface area contributed by atoms with Crippen molar-refractivity contribution in [1.82, 2.24) is 0 Å². The minimum atomic E-state index is -0.901. The van der Waals surface area contributed by atoms with Crippen LogP contribution in [0.25, 0.3) is 22.3 Å². The van der Waals surface area contributed by atoms with Gasteiger partial charge in [0.15, 0.2) is 17.3 Å². The zero-order valence-electron chi connectivity index (χ0n) is 36.8. The number of phenolic OH excluding ortho intramolecular Hbond substituents is 2. The van der Waals surface area contributed by atoms with Gasteiger partial charge in [0.2, 0.25) is 11.2 Å². The third-order valence-corrected chi connectivity index (χ3v) is 10.9. The summed E-state index contributed by atoms with van der Waals surface area (Å²) < 4.78 is 17.2. The maximum atomic E-state index is 13.1. The number of rotatable bonds is 33. The molecule has 0 spiro atoms. The monoisotopic (exact) mass is 831 g/mol. The molecule has 0 aliphatic carbocycles. The maximum absolute atomic E-state index is 13.1. The number of hydrogen-bond acceptors (Lipinski definition) is 9. The SMILES string of the molecule is CCCCCCCC/C=C\CCCCCCCC(=O)Oc1ccc(-c2oc3cc(O)cc(O)c3c(=O)c2O)cc1OC(=O)CCCCCCC/C=C\CCCCCCCC. The van der Waals surface area contributed by atoms with Crippen molar-refractivity contribution in [2.24, 2.45) is 0 Å². The van der Waals surface area contributed by atoms with Crippen LogP contribution in [0.3, 0.4) is 0 Å². The number of carbonyl (C=O) groups is 2. The summed E-state index contributed by atoms with van der Waals surface area (Å²) in [5.41, 5.74) is -0.888. The van der Waals surface area contributed by atoms with E-state index in [-0.39, 0.29) is 52.4 Å². The average molecular weight is 831 g/mol. The largest absolute Gasteiger partial charge is 0.508 e. The summed E-state index contributed by atoms with van der Waals surface area (Å²) in [5, 5.41) is 30.7. The lowest BCUT2D eigenvalue weighted by Gasteiger charge is -2.13. The highest BCUT2D eigenvalue weighted by molar-refractivity contribution is 5.88. The second-order valence-corrected chi connectivity index (χ2v) is 16.2. The molecule has 0 amide bonds. The molecule has 2 aromatic carbocycles. The number of hydrogen-bond donors (Lipinski definition) is 3.